The molecule has 1 heterocycles. The molecule has 1 unspecified atom stereocenters. The number of hydrogen-bond donors (Lipinski definition) is 2. The molecule has 112 valence electrons. The molecular weight excluding hydrogens is 284 g/mol. The highest BCUT2D eigenvalue weighted by Gasteiger charge is 2.13. The minimum absolute atomic E-state index is 0.0976. The van der Waals surface area contributed by atoms with Crippen LogP contribution in [-0.4, -0.2) is 15.8 Å². The van der Waals surface area contributed by atoms with Gasteiger partial charge < -0.3 is 11.1 Å². The molecule has 2 aromatic rings. The van der Waals surface area contributed by atoms with E-state index in [-0.39, 0.29) is 11.6 Å². The largest absolute Gasteiger partial charge is 0.383 e. The second-order valence-corrected chi connectivity index (χ2v) is 5.61. The van der Waals surface area contributed by atoms with Gasteiger partial charge in [-0.05, 0) is 18.7 Å². The normalized spacial score (nSPS) is 12.3. The SMILES string of the molecule is CSc1nc(N)c(CNC(C)c2ccccc2)c(=O)n1C. The summed E-state index contributed by atoms with van der Waals surface area (Å²) in [4.78, 5) is 16.6. The number of thioether (sulfide) groups is 1. The molecule has 0 amide bonds. The van der Waals surface area contributed by atoms with E-state index in [4.69, 9.17) is 5.73 Å². The number of nitrogens with one attached hydrogen (secondary N) is 1. The molecule has 21 heavy (non-hydrogen) atoms. The molecule has 6 heteroatoms. The first-order valence-corrected chi connectivity index (χ1v) is 7.94. The molecule has 1 aromatic heterocycles. The predicted octanol–water partition coefficient (Wildman–Crippen LogP) is 1.94. The van der Waals surface area contributed by atoms with Gasteiger partial charge in [0.2, 0.25) is 0 Å². The first kappa shape index (κ1) is 15.6. The van der Waals surface area contributed by atoms with Crippen molar-refractivity contribution in [2.24, 2.45) is 7.05 Å². The molecule has 1 atom stereocenters. The highest BCUT2D eigenvalue weighted by Crippen LogP contribution is 2.15. The van der Waals surface area contributed by atoms with Crippen molar-refractivity contribution < 1.29 is 0 Å². The van der Waals surface area contributed by atoms with Crippen molar-refractivity contribution in [1.82, 2.24) is 14.9 Å². The summed E-state index contributed by atoms with van der Waals surface area (Å²) in [5, 5.41) is 3.94. The lowest BCUT2D eigenvalue weighted by Crippen LogP contribution is -2.30. The number of rotatable bonds is 5. The summed E-state index contributed by atoms with van der Waals surface area (Å²) < 4.78 is 1.53. The van der Waals surface area contributed by atoms with Crippen molar-refractivity contribution in [2.75, 3.05) is 12.0 Å². The Kier molecular flexibility index (Phi) is 5.03. The minimum Gasteiger partial charge on any atom is -0.383 e. The van der Waals surface area contributed by atoms with Crippen LogP contribution in [0.3, 0.4) is 0 Å². The van der Waals surface area contributed by atoms with Gasteiger partial charge in [-0.15, -0.1) is 0 Å². The fourth-order valence-electron chi connectivity index (χ4n) is 2.11. The molecule has 2 rings (SSSR count). The average molecular weight is 304 g/mol. The van der Waals surface area contributed by atoms with Crippen LogP contribution in [0.1, 0.15) is 24.1 Å². The van der Waals surface area contributed by atoms with Gasteiger partial charge >= 0.3 is 0 Å². The molecule has 0 radical (unpaired) electrons. The molecule has 0 saturated carbocycles. The number of aromatic nitrogens is 2. The summed E-state index contributed by atoms with van der Waals surface area (Å²) >= 11 is 1.41. The number of nitrogens with two attached hydrogens (primary N) is 1. The molecule has 0 spiro atoms. The van der Waals surface area contributed by atoms with Crippen molar-refractivity contribution in [2.45, 2.75) is 24.7 Å². The molecule has 1 aromatic carbocycles. The summed E-state index contributed by atoms with van der Waals surface area (Å²) in [6.07, 6.45) is 1.87. The van der Waals surface area contributed by atoms with E-state index in [2.05, 4.69) is 17.2 Å². The van der Waals surface area contributed by atoms with Crippen molar-refractivity contribution in [3.8, 4) is 0 Å². The van der Waals surface area contributed by atoms with E-state index in [9.17, 15) is 4.79 Å². The van der Waals surface area contributed by atoms with E-state index in [0.717, 1.165) is 0 Å². The van der Waals surface area contributed by atoms with Crippen LogP contribution in [0.2, 0.25) is 0 Å². The van der Waals surface area contributed by atoms with E-state index in [0.29, 0.717) is 23.1 Å². The molecular formula is C15H20N4OS. The Balaban J connectivity index is 2.18. The van der Waals surface area contributed by atoms with E-state index >= 15 is 0 Å². The lowest BCUT2D eigenvalue weighted by atomic mass is 10.1. The lowest BCUT2D eigenvalue weighted by molar-refractivity contribution is 0.564. The molecule has 0 bridgehead atoms. The van der Waals surface area contributed by atoms with Crippen LogP contribution in [-0.2, 0) is 13.6 Å². The molecule has 0 saturated heterocycles. The minimum atomic E-state index is -0.0976. The Hall–Kier alpha value is -1.79. The van der Waals surface area contributed by atoms with Gasteiger partial charge in [0.15, 0.2) is 5.16 Å². The second kappa shape index (κ2) is 6.78. The number of hydrogen-bond acceptors (Lipinski definition) is 5. The van der Waals surface area contributed by atoms with Gasteiger partial charge in [0.05, 0.1) is 5.56 Å². The van der Waals surface area contributed by atoms with Crippen LogP contribution in [0.25, 0.3) is 0 Å². The third kappa shape index (κ3) is 3.46. The maximum atomic E-state index is 12.3. The van der Waals surface area contributed by atoms with Gasteiger partial charge in [-0.1, -0.05) is 42.1 Å². The van der Waals surface area contributed by atoms with Gasteiger partial charge in [0.25, 0.3) is 5.56 Å². The highest BCUT2D eigenvalue weighted by atomic mass is 32.2. The van der Waals surface area contributed by atoms with Gasteiger partial charge in [0, 0.05) is 19.6 Å². The maximum absolute atomic E-state index is 12.3. The number of anilines is 1. The summed E-state index contributed by atoms with van der Waals surface area (Å²) in [5.74, 6) is 0.301. The Morgan fingerprint density at radius 2 is 2.05 bits per heavy atom. The standard InChI is InChI=1S/C15H20N4OS/c1-10(11-7-5-4-6-8-11)17-9-12-13(16)18-15(21-3)19(2)14(12)20/h4-8,10,17H,9,16H2,1-3H3. The van der Waals surface area contributed by atoms with Crippen LogP contribution in [0.15, 0.2) is 40.3 Å². The van der Waals surface area contributed by atoms with Crippen LogP contribution in [0, 0.1) is 0 Å². The van der Waals surface area contributed by atoms with Gasteiger partial charge in [-0.25, -0.2) is 4.98 Å². The lowest BCUT2D eigenvalue weighted by Gasteiger charge is -2.15. The van der Waals surface area contributed by atoms with Gasteiger partial charge in [-0.2, -0.15) is 0 Å². The van der Waals surface area contributed by atoms with Gasteiger partial charge in [0.1, 0.15) is 5.82 Å². The number of nitrogens with zero attached hydrogens (tertiary/aromatic N) is 2. The molecule has 3 N–H and O–H groups in total. The maximum Gasteiger partial charge on any atom is 0.260 e. The van der Waals surface area contributed by atoms with Gasteiger partial charge in [-0.3, -0.25) is 9.36 Å². The Bertz CT molecular complexity index is 669. The Morgan fingerprint density at radius 3 is 2.67 bits per heavy atom. The van der Waals surface area contributed by atoms with Crippen molar-refractivity contribution >= 4 is 17.6 Å². The van der Waals surface area contributed by atoms with E-state index in [1.165, 1.54) is 21.9 Å². The Morgan fingerprint density at radius 1 is 1.38 bits per heavy atom. The quantitative estimate of drug-likeness (QED) is 0.652. The van der Waals surface area contributed by atoms with Crippen molar-refractivity contribution in [3.63, 3.8) is 0 Å². The molecule has 0 aliphatic carbocycles. The zero-order valence-corrected chi connectivity index (χ0v) is 13.3. The highest BCUT2D eigenvalue weighted by molar-refractivity contribution is 7.98. The summed E-state index contributed by atoms with van der Waals surface area (Å²) in [7, 11) is 1.71. The third-order valence-electron chi connectivity index (χ3n) is 3.44. The summed E-state index contributed by atoms with van der Waals surface area (Å²) in [6.45, 7) is 2.45. The predicted molar refractivity (Wildman–Crippen MR) is 87.4 cm³/mol. The zero-order chi connectivity index (χ0) is 15.4. The molecule has 5 nitrogen and oxygen atoms in total. The topological polar surface area (TPSA) is 72.9 Å². The fourth-order valence-corrected chi connectivity index (χ4v) is 2.65. The van der Waals surface area contributed by atoms with Crippen LogP contribution >= 0.6 is 11.8 Å². The number of benzene rings is 1. The van der Waals surface area contributed by atoms with E-state index in [1.807, 2.05) is 36.6 Å². The summed E-state index contributed by atoms with van der Waals surface area (Å²) in [6, 6.07) is 10.2. The van der Waals surface area contributed by atoms with Crippen LogP contribution in [0.4, 0.5) is 5.82 Å². The fraction of sp³-hybridized carbons (Fsp3) is 0.333. The van der Waals surface area contributed by atoms with Crippen LogP contribution < -0.4 is 16.6 Å². The number of nitrogen functional groups attached to an aromatic ring is 1. The van der Waals surface area contributed by atoms with Crippen molar-refractivity contribution in [1.29, 1.82) is 0 Å². The first-order chi connectivity index (χ1) is 10.0. The van der Waals surface area contributed by atoms with E-state index in [1.54, 1.807) is 7.05 Å². The zero-order valence-electron chi connectivity index (χ0n) is 12.5. The van der Waals surface area contributed by atoms with E-state index < -0.39 is 0 Å². The third-order valence-corrected chi connectivity index (χ3v) is 4.17. The van der Waals surface area contributed by atoms with Crippen LogP contribution in [0.5, 0.6) is 0 Å². The van der Waals surface area contributed by atoms with Crippen molar-refractivity contribution in [3.05, 3.63) is 51.8 Å². The molecule has 0 aliphatic rings. The smallest absolute Gasteiger partial charge is 0.260 e. The second-order valence-electron chi connectivity index (χ2n) is 4.84. The first-order valence-electron chi connectivity index (χ1n) is 6.72. The average Bonchev–Trinajstić information content (AvgIpc) is 2.51. The molecule has 0 fully saturated rings. The monoisotopic (exact) mass is 304 g/mol. The summed E-state index contributed by atoms with van der Waals surface area (Å²) in [5.41, 5.74) is 7.50. The Labute approximate surface area is 128 Å². The molecule has 0 aliphatic heterocycles.